The number of hydrogen-bond donors (Lipinski definition) is 1. The fraction of sp³-hybridized carbons (Fsp3) is 0.467. The first-order chi connectivity index (χ1) is 8.95. The molecule has 104 valence electrons. The fourth-order valence-corrected chi connectivity index (χ4v) is 1.73. The van der Waals surface area contributed by atoms with Gasteiger partial charge in [-0.05, 0) is 37.0 Å². The van der Waals surface area contributed by atoms with E-state index in [2.05, 4.69) is 19.2 Å². The van der Waals surface area contributed by atoms with Crippen molar-refractivity contribution in [1.29, 1.82) is 0 Å². The zero-order chi connectivity index (χ0) is 14.4. The minimum Gasteiger partial charge on any atom is -0.465 e. The Morgan fingerprint density at radius 2 is 2.00 bits per heavy atom. The van der Waals surface area contributed by atoms with Gasteiger partial charge in [0.05, 0.1) is 12.7 Å². The molecule has 0 aromatic heterocycles. The third-order valence-electron chi connectivity index (χ3n) is 2.96. The number of carbonyl (C=O) groups excluding carboxylic acids is 2. The molecule has 0 bridgehead atoms. The maximum absolute atomic E-state index is 11.8. The lowest BCUT2D eigenvalue weighted by Crippen LogP contribution is -2.14. The van der Waals surface area contributed by atoms with Crippen molar-refractivity contribution in [2.75, 3.05) is 12.4 Å². The van der Waals surface area contributed by atoms with Crippen LogP contribution in [0.3, 0.4) is 0 Å². The third kappa shape index (κ3) is 4.39. The van der Waals surface area contributed by atoms with E-state index in [4.69, 9.17) is 4.74 Å². The number of amides is 1. The van der Waals surface area contributed by atoms with Gasteiger partial charge in [-0.25, -0.2) is 4.79 Å². The van der Waals surface area contributed by atoms with Gasteiger partial charge in [0.25, 0.3) is 0 Å². The summed E-state index contributed by atoms with van der Waals surface area (Å²) in [6.07, 6.45) is 1.33. The molecule has 1 aromatic rings. The van der Waals surface area contributed by atoms with Crippen LogP contribution in [0.15, 0.2) is 18.2 Å². The van der Waals surface area contributed by atoms with Gasteiger partial charge in [-0.3, -0.25) is 4.79 Å². The monoisotopic (exact) mass is 263 g/mol. The molecule has 0 saturated carbocycles. The van der Waals surface area contributed by atoms with Crippen LogP contribution in [0.4, 0.5) is 5.69 Å². The Kier molecular flexibility index (Phi) is 5.55. The molecular formula is C15H21NO3. The molecule has 1 amide bonds. The zero-order valence-corrected chi connectivity index (χ0v) is 11.9. The van der Waals surface area contributed by atoms with E-state index in [-0.39, 0.29) is 5.91 Å². The minimum absolute atomic E-state index is 0.0289. The second-order valence-electron chi connectivity index (χ2n) is 4.95. The van der Waals surface area contributed by atoms with E-state index in [0.717, 1.165) is 12.0 Å². The number of rotatable bonds is 5. The highest BCUT2D eigenvalue weighted by Gasteiger charge is 2.13. The quantitative estimate of drug-likeness (QED) is 0.830. The fourth-order valence-electron chi connectivity index (χ4n) is 1.73. The molecule has 0 unspecified atom stereocenters. The van der Waals surface area contributed by atoms with Crippen LogP contribution in [0.5, 0.6) is 0 Å². The summed E-state index contributed by atoms with van der Waals surface area (Å²) in [5.74, 6) is 0.0721. The molecule has 0 aliphatic heterocycles. The van der Waals surface area contributed by atoms with Gasteiger partial charge in [0, 0.05) is 12.1 Å². The number of anilines is 1. The van der Waals surface area contributed by atoms with E-state index < -0.39 is 5.97 Å². The van der Waals surface area contributed by atoms with Gasteiger partial charge in [-0.15, -0.1) is 0 Å². The third-order valence-corrected chi connectivity index (χ3v) is 2.96. The topological polar surface area (TPSA) is 55.4 Å². The Balaban J connectivity index is 2.79. The second-order valence-corrected chi connectivity index (χ2v) is 4.95. The Hall–Kier alpha value is -1.84. The van der Waals surface area contributed by atoms with Crippen molar-refractivity contribution in [3.8, 4) is 0 Å². The molecule has 1 N–H and O–H groups in total. The predicted octanol–water partition coefficient (Wildman–Crippen LogP) is 3.16. The summed E-state index contributed by atoms with van der Waals surface area (Å²) in [5, 5.41) is 2.84. The van der Waals surface area contributed by atoms with Gasteiger partial charge >= 0.3 is 5.97 Å². The number of esters is 1. The number of hydrogen-bond acceptors (Lipinski definition) is 3. The summed E-state index contributed by atoms with van der Waals surface area (Å²) in [6.45, 7) is 5.96. The molecule has 0 aliphatic carbocycles. The molecule has 0 saturated heterocycles. The van der Waals surface area contributed by atoms with E-state index in [1.807, 2.05) is 0 Å². The van der Waals surface area contributed by atoms with Crippen molar-refractivity contribution < 1.29 is 14.3 Å². The van der Waals surface area contributed by atoms with Crippen LogP contribution < -0.4 is 5.32 Å². The van der Waals surface area contributed by atoms with Crippen LogP contribution in [0, 0.1) is 12.8 Å². The largest absolute Gasteiger partial charge is 0.465 e. The van der Waals surface area contributed by atoms with Gasteiger partial charge < -0.3 is 10.1 Å². The van der Waals surface area contributed by atoms with Crippen LogP contribution in [-0.2, 0) is 9.53 Å². The second kappa shape index (κ2) is 6.92. The molecule has 1 rings (SSSR count). The number of methoxy groups -OCH3 is 1. The van der Waals surface area contributed by atoms with Gasteiger partial charge in [0.2, 0.25) is 5.91 Å². The normalized spacial score (nSPS) is 10.4. The van der Waals surface area contributed by atoms with Gasteiger partial charge in [-0.2, -0.15) is 0 Å². The Labute approximate surface area is 114 Å². The lowest BCUT2D eigenvalue weighted by molar-refractivity contribution is -0.116. The van der Waals surface area contributed by atoms with Crippen molar-refractivity contribution in [3.05, 3.63) is 29.3 Å². The van der Waals surface area contributed by atoms with Gasteiger partial charge in [0.1, 0.15) is 0 Å². The molecule has 0 atom stereocenters. The highest BCUT2D eigenvalue weighted by Crippen LogP contribution is 2.20. The highest BCUT2D eigenvalue weighted by atomic mass is 16.5. The summed E-state index contributed by atoms with van der Waals surface area (Å²) in [7, 11) is 1.34. The lowest BCUT2D eigenvalue weighted by atomic mass is 10.1. The average molecular weight is 263 g/mol. The number of benzene rings is 1. The summed E-state index contributed by atoms with van der Waals surface area (Å²) in [5.41, 5.74) is 1.87. The summed E-state index contributed by atoms with van der Waals surface area (Å²) < 4.78 is 4.70. The summed E-state index contributed by atoms with van der Waals surface area (Å²) >= 11 is 0. The molecule has 19 heavy (non-hydrogen) atoms. The summed E-state index contributed by atoms with van der Waals surface area (Å²) in [6, 6.07) is 5.21. The molecular weight excluding hydrogens is 242 g/mol. The van der Waals surface area contributed by atoms with Crippen LogP contribution in [0.25, 0.3) is 0 Å². The molecule has 0 radical (unpaired) electrons. The number of carbonyl (C=O) groups is 2. The van der Waals surface area contributed by atoms with Crippen LogP contribution in [-0.4, -0.2) is 19.0 Å². The minimum atomic E-state index is -0.393. The zero-order valence-electron chi connectivity index (χ0n) is 11.9. The van der Waals surface area contributed by atoms with Crippen molar-refractivity contribution >= 4 is 17.6 Å². The maximum atomic E-state index is 11.8. The number of nitrogens with one attached hydrogen (secondary N) is 1. The highest BCUT2D eigenvalue weighted by molar-refractivity contribution is 5.96. The van der Waals surface area contributed by atoms with Gasteiger partial charge in [0.15, 0.2) is 0 Å². The predicted molar refractivity (Wildman–Crippen MR) is 75.2 cm³/mol. The van der Waals surface area contributed by atoms with Crippen LogP contribution in [0.1, 0.15) is 42.6 Å². The van der Waals surface area contributed by atoms with E-state index in [0.29, 0.717) is 23.6 Å². The van der Waals surface area contributed by atoms with E-state index in [1.165, 1.54) is 7.11 Å². The van der Waals surface area contributed by atoms with E-state index >= 15 is 0 Å². The van der Waals surface area contributed by atoms with Crippen molar-refractivity contribution in [2.24, 2.45) is 5.92 Å². The molecule has 4 nitrogen and oxygen atoms in total. The molecule has 0 fully saturated rings. The van der Waals surface area contributed by atoms with Gasteiger partial charge in [-0.1, -0.05) is 19.9 Å². The van der Waals surface area contributed by atoms with Crippen molar-refractivity contribution in [2.45, 2.75) is 33.6 Å². The van der Waals surface area contributed by atoms with Crippen molar-refractivity contribution in [1.82, 2.24) is 0 Å². The molecule has 0 aliphatic rings. The standard InChI is InChI=1S/C15H21NO3/c1-10(2)8-9-14(17)16-13-7-5-6-12(11(13)3)15(18)19-4/h5-7,10H,8-9H2,1-4H3,(H,16,17). The maximum Gasteiger partial charge on any atom is 0.338 e. The SMILES string of the molecule is COC(=O)c1cccc(NC(=O)CCC(C)C)c1C. The van der Waals surface area contributed by atoms with E-state index in [1.54, 1.807) is 25.1 Å². The first-order valence-electron chi connectivity index (χ1n) is 6.43. The molecule has 4 heteroatoms. The first-order valence-corrected chi connectivity index (χ1v) is 6.43. The van der Waals surface area contributed by atoms with Crippen LogP contribution >= 0.6 is 0 Å². The molecule has 0 heterocycles. The summed E-state index contributed by atoms with van der Waals surface area (Å²) in [4.78, 5) is 23.3. The Bertz CT molecular complexity index is 466. The number of ether oxygens (including phenoxy) is 1. The van der Waals surface area contributed by atoms with E-state index in [9.17, 15) is 9.59 Å². The molecule has 0 spiro atoms. The smallest absolute Gasteiger partial charge is 0.338 e. The first kappa shape index (κ1) is 15.2. The van der Waals surface area contributed by atoms with Crippen LogP contribution in [0.2, 0.25) is 0 Å². The Morgan fingerprint density at radius 3 is 2.58 bits per heavy atom. The lowest BCUT2D eigenvalue weighted by Gasteiger charge is -2.11. The molecule has 1 aromatic carbocycles. The average Bonchev–Trinajstić information content (AvgIpc) is 2.38. The van der Waals surface area contributed by atoms with Crippen molar-refractivity contribution in [3.63, 3.8) is 0 Å². The Morgan fingerprint density at radius 1 is 1.32 bits per heavy atom.